The predicted octanol–water partition coefficient (Wildman–Crippen LogP) is 3.82. The number of benzene rings is 1. The number of pyridine rings is 1. The molecule has 0 spiro atoms. The van der Waals surface area contributed by atoms with Gasteiger partial charge < -0.3 is 9.67 Å². The lowest BCUT2D eigenvalue weighted by Crippen LogP contribution is -2.25. The van der Waals surface area contributed by atoms with Gasteiger partial charge in [0, 0.05) is 12.2 Å². The van der Waals surface area contributed by atoms with Gasteiger partial charge >= 0.3 is 5.97 Å². The van der Waals surface area contributed by atoms with E-state index in [0.29, 0.717) is 10.4 Å². The second-order valence-electron chi connectivity index (χ2n) is 5.67. The zero-order valence-corrected chi connectivity index (χ0v) is 13.5. The van der Waals surface area contributed by atoms with E-state index in [1.165, 1.54) is 17.8 Å². The minimum Gasteiger partial charge on any atom is -0.478 e. The van der Waals surface area contributed by atoms with Crippen LogP contribution in [0.4, 0.5) is 0 Å². The zero-order valence-electron chi connectivity index (χ0n) is 11.9. The van der Waals surface area contributed by atoms with Gasteiger partial charge in [-0.05, 0) is 52.7 Å². The smallest absolute Gasteiger partial charge is 0.337 e. The van der Waals surface area contributed by atoms with E-state index in [1.54, 1.807) is 4.57 Å². The molecule has 1 N–H and O–H groups in total. The van der Waals surface area contributed by atoms with Crippen LogP contribution in [0.2, 0.25) is 0 Å². The first-order valence-electron chi connectivity index (χ1n) is 7.26. The van der Waals surface area contributed by atoms with Crippen LogP contribution in [0.25, 0.3) is 0 Å². The lowest BCUT2D eigenvalue weighted by Gasteiger charge is -2.16. The molecule has 0 radical (unpaired) electrons. The summed E-state index contributed by atoms with van der Waals surface area (Å²) in [5, 5.41) is 9.16. The van der Waals surface area contributed by atoms with E-state index in [1.807, 2.05) is 18.2 Å². The van der Waals surface area contributed by atoms with Crippen LogP contribution in [0.5, 0.6) is 0 Å². The molecule has 0 amide bonds. The molecule has 1 aliphatic rings. The van der Waals surface area contributed by atoms with Gasteiger partial charge in [-0.25, -0.2) is 4.79 Å². The number of hydrogen-bond donors (Lipinski definition) is 1. The highest BCUT2D eigenvalue weighted by molar-refractivity contribution is 9.10. The molecule has 5 heteroatoms. The van der Waals surface area contributed by atoms with Crippen LogP contribution >= 0.6 is 15.9 Å². The summed E-state index contributed by atoms with van der Waals surface area (Å²) in [6, 6.07) is 11.7. The van der Waals surface area contributed by atoms with E-state index in [9.17, 15) is 9.59 Å². The molecule has 1 aliphatic carbocycles. The molecule has 114 valence electrons. The van der Waals surface area contributed by atoms with Crippen molar-refractivity contribution in [1.29, 1.82) is 0 Å². The fourth-order valence-electron chi connectivity index (χ4n) is 3.19. The van der Waals surface area contributed by atoms with Crippen molar-refractivity contribution in [3.8, 4) is 0 Å². The first kappa shape index (κ1) is 15.0. The lowest BCUT2D eigenvalue weighted by atomic mass is 9.97. The molecule has 2 atom stereocenters. The maximum Gasteiger partial charge on any atom is 0.337 e. The summed E-state index contributed by atoms with van der Waals surface area (Å²) < 4.78 is 1.88. The van der Waals surface area contributed by atoms with Gasteiger partial charge in [0.05, 0.1) is 10.0 Å². The Balaban J connectivity index is 1.90. The minimum atomic E-state index is -1.02. The van der Waals surface area contributed by atoms with Crippen LogP contribution in [0.3, 0.4) is 0 Å². The fraction of sp³-hybridized carbons (Fsp3) is 0.294. The van der Waals surface area contributed by atoms with Crippen molar-refractivity contribution in [1.82, 2.24) is 4.57 Å². The van der Waals surface area contributed by atoms with Crippen molar-refractivity contribution in [2.24, 2.45) is 0 Å². The quantitative estimate of drug-likeness (QED) is 0.903. The predicted molar refractivity (Wildman–Crippen MR) is 87.4 cm³/mol. The van der Waals surface area contributed by atoms with Gasteiger partial charge in [0.1, 0.15) is 0 Å². The maximum absolute atomic E-state index is 12.3. The van der Waals surface area contributed by atoms with Gasteiger partial charge in [0.15, 0.2) is 0 Å². The third kappa shape index (κ3) is 2.86. The number of nitrogens with zero attached hydrogens (tertiary/aromatic N) is 1. The van der Waals surface area contributed by atoms with Gasteiger partial charge in [-0.2, -0.15) is 0 Å². The number of rotatable bonds is 3. The van der Waals surface area contributed by atoms with Gasteiger partial charge in [-0.15, -0.1) is 0 Å². The topological polar surface area (TPSA) is 59.3 Å². The molecule has 0 unspecified atom stereocenters. The third-order valence-electron chi connectivity index (χ3n) is 4.32. The Kier molecular flexibility index (Phi) is 4.16. The van der Waals surface area contributed by atoms with E-state index < -0.39 is 5.97 Å². The van der Waals surface area contributed by atoms with Crippen molar-refractivity contribution in [3.05, 3.63) is 68.5 Å². The number of carboxylic acid groups (broad SMARTS) is 1. The van der Waals surface area contributed by atoms with Crippen LogP contribution in [-0.4, -0.2) is 15.6 Å². The lowest BCUT2D eigenvalue weighted by molar-refractivity contribution is 0.0695. The van der Waals surface area contributed by atoms with Crippen LogP contribution in [0.1, 0.15) is 47.1 Å². The molecule has 1 saturated carbocycles. The first-order chi connectivity index (χ1) is 10.6. The summed E-state index contributed by atoms with van der Waals surface area (Å²) in [7, 11) is 0. The van der Waals surface area contributed by atoms with Crippen molar-refractivity contribution in [3.63, 3.8) is 0 Å². The largest absolute Gasteiger partial charge is 0.478 e. The normalized spacial score (nSPS) is 21.0. The highest BCUT2D eigenvalue weighted by atomic mass is 79.9. The molecule has 22 heavy (non-hydrogen) atoms. The molecule has 0 saturated heterocycles. The Morgan fingerprint density at radius 1 is 1.23 bits per heavy atom. The van der Waals surface area contributed by atoms with Gasteiger partial charge in [0.2, 0.25) is 0 Å². The van der Waals surface area contributed by atoms with E-state index >= 15 is 0 Å². The average molecular weight is 362 g/mol. The molecule has 0 aliphatic heterocycles. The summed E-state index contributed by atoms with van der Waals surface area (Å²) >= 11 is 3.18. The highest BCUT2D eigenvalue weighted by Crippen LogP contribution is 2.40. The van der Waals surface area contributed by atoms with E-state index in [2.05, 4.69) is 28.1 Å². The molecule has 2 aromatic rings. The highest BCUT2D eigenvalue weighted by Gasteiger charge is 2.28. The summed E-state index contributed by atoms with van der Waals surface area (Å²) in [6.07, 6.45) is 4.22. The SMILES string of the molecule is O=C(O)c1cc(Br)c(=O)n([C@H]2CC[C@H](c3ccccc3)C2)c1. The van der Waals surface area contributed by atoms with Gasteiger partial charge in [-0.3, -0.25) is 4.79 Å². The molecule has 1 fully saturated rings. The minimum absolute atomic E-state index is 0.0494. The fourth-order valence-corrected chi connectivity index (χ4v) is 3.65. The van der Waals surface area contributed by atoms with E-state index in [4.69, 9.17) is 5.11 Å². The summed E-state index contributed by atoms with van der Waals surface area (Å²) in [6.45, 7) is 0. The molecular formula is C17H16BrNO3. The Hall–Kier alpha value is -1.88. The van der Waals surface area contributed by atoms with Crippen molar-refractivity contribution in [2.45, 2.75) is 31.2 Å². The van der Waals surface area contributed by atoms with Crippen LogP contribution in [0.15, 0.2) is 51.9 Å². The van der Waals surface area contributed by atoms with Crippen molar-refractivity contribution >= 4 is 21.9 Å². The van der Waals surface area contributed by atoms with Crippen LogP contribution in [0, 0.1) is 0 Å². The summed E-state index contributed by atoms with van der Waals surface area (Å²) in [5.74, 6) is -0.600. The molecular weight excluding hydrogens is 346 g/mol. The summed E-state index contributed by atoms with van der Waals surface area (Å²) in [5.41, 5.74) is 1.25. The molecule has 1 aromatic carbocycles. The van der Waals surface area contributed by atoms with Crippen LogP contribution < -0.4 is 5.56 Å². The van der Waals surface area contributed by atoms with Crippen molar-refractivity contribution in [2.75, 3.05) is 0 Å². The standard InChI is InChI=1S/C17H16BrNO3/c18-15-9-13(17(21)22)10-19(16(15)20)14-7-6-12(8-14)11-4-2-1-3-5-11/h1-5,9-10,12,14H,6-8H2,(H,21,22)/t12-,14-/m0/s1. The number of carboxylic acids is 1. The summed E-state index contributed by atoms with van der Waals surface area (Å²) in [4.78, 5) is 23.5. The Labute approximate surface area is 136 Å². The number of carbonyl (C=O) groups is 1. The van der Waals surface area contributed by atoms with Crippen LogP contribution in [-0.2, 0) is 0 Å². The second-order valence-corrected chi connectivity index (χ2v) is 6.52. The van der Waals surface area contributed by atoms with E-state index in [-0.39, 0.29) is 17.2 Å². The number of aromatic nitrogens is 1. The number of hydrogen-bond acceptors (Lipinski definition) is 2. The third-order valence-corrected chi connectivity index (χ3v) is 4.88. The molecule has 1 heterocycles. The first-order valence-corrected chi connectivity index (χ1v) is 8.05. The maximum atomic E-state index is 12.3. The molecule has 0 bridgehead atoms. The Bertz CT molecular complexity index is 754. The van der Waals surface area contributed by atoms with Gasteiger partial charge in [-0.1, -0.05) is 30.3 Å². The Morgan fingerprint density at radius 3 is 2.64 bits per heavy atom. The molecule has 3 rings (SSSR count). The number of aromatic carboxylic acids is 1. The molecule has 1 aromatic heterocycles. The van der Waals surface area contributed by atoms with E-state index in [0.717, 1.165) is 19.3 Å². The number of halogens is 1. The zero-order chi connectivity index (χ0) is 15.7. The van der Waals surface area contributed by atoms with Crippen molar-refractivity contribution < 1.29 is 9.90 Å². The second kappa shape index (κ2) is 6.08. The average Bonchev–Trinajstić information content (AvgIpc) is 3.00. The molecule has 4 nitrogen and oxygen atoms in total. The van der Waals surface area contributed by atoms with Gasteiger partial charge in [0.25, 0.3) is 5.56 Å². The monoisotopic (exact) mass is 361 g/mol. The Morgan fingerprint density at radius 2 is 1.95 bits per heavy atom.